The molecule has 0 aliphatic heterocycles. The summed E-state index contributed by atoms with van der Waals surface area (Å²) in [5.74, 6) is 0.854. The molecular weight excluding hydrogens is 288 g/mol. The van der Waals surface area contributed by atoms with Gasteiger partial charge < -0.3 is 10.3 Å². The van der Waals surface area contributed by atoms with Gasteiger partial charge in [0.25, 0.3) is 0 Å². The van der Waals surface area contributed by atoms with E-state index in [0.29, 0.717) is 0 Å². The van der Waals surface area contributed by atoms with Gasteiger partial charge in [-0.05, 0) is 42.8 Å². The number of hydrogen-bond donors (Lipinski definition) is 2. The first-order valence-electron chi connectivity index (χ1n) is 7.45. The molecule has 0 saturated heterocycles. The number of aromatic nitrogens is 5. The lowest BCUT2D eigenvalue weighted by atomic mass is 10.1. The molecule has 3 heterocycles. The van der Waals surface area contributed by atoms with Crippen LogP contribution in [-0.4, -0.2) is 24.7 Å². The molecule has 23 heavy (non-hydrogen) atoms. The minimum absolute atomic E-state index is 0.153. The van der Waals surface area contributed by atoms with E-state index in [1.165, 1.54) is 11.9 Å². The zero-order chi connectivity index (χ0) is 15.6. The Bertz CT molecular complexity index is 908. The number of hydrogen-bond acceptors (Lipinski definition) is 4. The van der Waals surface area contributed by atoms with E-state index in [9.17, 15) is 0 Å². The molecule has 3 aromatic heterocycles. The lowest BCUT2D eigenvalue weighted by molar-refractivity contribution is 0.859. The summed E-state index contributed by atoms with van der Waals surface area (Å²) < 4.78 is 1.74. The fraction of sp³-hybridized carbons (Fsp3) is 0.118. The molecule has 0 amide bonds. The zero-order valence-electron chi connectivity index (χ0n) is 12.6. The van der Waals surface area contributed by atoms with Crippen LogP contribution in [0.2, 0.25) is 0 Å². The van der Waals surface area contributed by atoms with Crippen LogP contribution < -0.4 is 5.32 Å². The van der Waals surface area contributed by atoms with E-state index in [2.05, 4.69) is 50.5 Å². The second-order valence-electron chi connectivity index (χ2n) is 5.41. The summed E-state index contributed by atoms with van der Waals surface area (Å²) in [6.45, 7) is 2.12. The molecule has 1 atom stereocenters. The lowest BCUT2D eigenvalue weighted by Gasteiger charge is -2.15. The van der Waals surface area contributed by atoms with Crippen LogP contribution in [0.15, 0.2) is 61.3 Å². The van der Waals surface area contributed by atoms with Crippen molar-refractivity contribution in [1.82, 2.24) is 24.7 Å². The normalized spacial score (nSPS) is 12.4. The van der Waals surface area contributed by atoms with E-state index < -0.39 is 0 Å². The molecule has 0 fully saturated rings. The second kappa shape index (κ2) is 5.57. The van der Waals surface area contributed by atoms with Crippen molar-refractivity contribution in [2.45, 2.75) is 13.0 Å². The Hall–Kier alpha value is -3.15. The summed E-state index contributed by atoms with van der Waals surface area (Å²) in [7, 11) is 0. The smallest absolute Gasteiger partial charge is 0.139 e. The molecule has 2 N–H and O–H groups in total. The molecule has 1 aromatic carbocycles. The Kier molecular flexibility index (Phi) is 3.27. The van der Waals surface area contributed by atoms with Gasteiger partial charge >= 0.3 is 0 Å². The third-order valence-electron chi connectivity index (χ3n) is 3.85. The Morgan fingerprint density at radius 2 is 1.96 bits per heavy atom. The fourth-order valence-corrected chi connectivity index (χ4v) is 2.57. The quantitative estimate of drug-likeness (QED) is 0.607. The molecule has 4 aromatic rings. The molecule has 0 aliphatic rings. The number of nitrogens with one attached hydrogen (secondary N) is 2. The van der Waals surface area contributed by atoms with Crippen LogP contribution in [-0.2, 0) is 0 Å². The van der Waals surface area contributed by atoms with Crippen LogP contribution in [0.4, 0.5) is 5.82 Å². The highest BCUT2D eigenvalue weighted by Crippen LogP contribution is 2.21. The summed E-state index contributed by atoms with van der Waals surface area (Å²) in [6.07, 6.45) is 5.11. The Labute approximate surface area is 133 Å². The fourth-order valence-electron chi connectivity index (χ4n) is 2.57. The van der Waals surface area contributed by atoms with Gasteiger partial charge in [-0.1, -0.05) is 12.1 Å². The third kappa shape index (κ3) is 2.66. The van der Waals surface area contributed by atoms with Gasteiger partial charge in [0.05, 0.1) is 5.69 Å². The summed E-state index contributed by atoms with van der Waals surface area (Å²) in [6, 6.07) is 14.5. The predicted octanol–water partition coefficient (Wildman–Crippen LogP) is 3.32. The molecule has 6 nitrogen and oxygen atoms in total. The molecule has 0 bridgehead atoms. The molecule has 0 unspecified atom stereocenters. The van der Waals surface area contributed by atoms with E-state index in [1.54, 1.807) is 11.0 Å². The second-order valence-corrected chi connectivity index (χ2v) is 5.41. The molecule has 0 radical (unpaired) electrons. The summed E-state index contributed by atoms with van der Waals surface area (Å²) in [4.78, 5) is 11.7. The molecule has 4 rings (SSSR count). The van der Waals surface area contributed by atoms with Crippen molar-refractivity contribution >= 4 is 16.9 Å². The number of aromatic amines is 1. The van der Waals surface area contributed by atoms with Crippen LogP contribution in [0.3, 0.4) is 0 Å². The molecule has 114 valence electrons. The molecule has 6 heteroatoms. The monoisotopic (exact) mass is 304 g/mol. The van der Waals surface area contributed by atoms with Crippen molar-refractivity contribution < 1.29 is 0 Å². The van der Waals surface area contributed by atoms with E-state index >= 15 is 0 Å². The SMILES string of the molecule is C[C@H](Nc1ccc2cc[nH]c2n1)c1ccc(-n2cncn2)cc1. The number of rotatable bonds is 4. The topological polar surface area (TPSA) is 71.4 Å². The minimum atomic E-state index is 0.153. The summed E-state index contributed by atoms with van der Waals surface area (Å²) in [5.41, 5.74) is 3.07. The van der Waals surface area contributed by atoms with Gasteiger partial charge in [-0.25, -0.2) is 14.6 Å². The number of pyridine rings is 1. The van der Waals surface area contributed by atoms with Crippen molar-refractivity contribution in [1.29, 1.82) is 0 Å². The zero-order valence-corrected chi connectivity index (χ0v) is 12.6. The summed E-state index contributed by atoms with van der Waals surface area (Å²) >= 11 is 0. The first-order chi connectivity index (χ1) is 11.3. The van der Waals surface area contributed by atoms with Crippen molar-refractivity contribution in [3.63, 3.8) is 0 Å². The third-order valence-corrected chi connectivity index (χ3v) is 3.85. The highest BCUT2D eigenvalue weighted by atomic mass is 15.3. The lowest BCUT2D eigenvalue weighted by Crippen LogP contribution is -2.08. The standard InChI is InChI=1S/C17H16N6/c1-12(21-16-7-4-14-8-9-19-17(14)22-16)13-2-5-15(6-3-13)23-11-18-10-20-23/h2-12H,1H3,(H2,19,21,22)/t12-/m0/s1. The van der Waals surface area contributed by atoms with Crippen molar-refractivity contribution in [3.05, 3.63) is 66.9 Å². The van der Waals surface area contributed by atoms with Crippen LogP contribution >= 0.6 is 0 Å². The van der Waals surface area contributed by atoms with E-state index in [0.717, 1.165) is 22.5 Å². The maximum Gasteiger partial charge on any atom is 0.139 e. The van der Waals surface area contributed by atoms with E-state index in [1.807, 2.05) is 30.5 Å². The molecule has 0 spiro atoms. The average molecular weight is 304 g/mol. The maximum atomic E-state index is 4.57. The van der Waals surface area contributed by atoms with Gasteiger partial charge in [-0.2, -0.15) is 5.10 Å². The average Bonchev–Trinajstić information content (AvgIpc) is 3.26. The number of benzene rings is 1. The number of fused-ring (bicyclic) bond motifs is 1. The Morgan fingerprint density at radius 1 is 1.09 bits per heavy atom. The first kappa shape index (κ1) is 13.5. The molecule has 0 saturated carbocycles. The summed E-state index contributed by atoms with van der Waals surface area (Å²) in [5, 5.41) is 8.67. The Balaban J connectivity index is 1.53. The molecule has 0 aliphatic carbocycles. The van der Waals surface area contributed by atoms with Crippen LogP contribution in [0.25, 0.3) is 16.7 Å². The van der Waals surface area contributed by atoms with Crippen LogP contribution in [0.5, 0.6) is 0 Å². The first-order valence-corrected chi connectivity index (χ1v) is 7.45. The molecular formula is C17H16N6. The Morgan fingerprint density at radius 3 is 2.74 bits per heavy atom. The van der Waals surface area contributed by atoms with Gasteiger partial charge in [0.15, 0.2) is 0 Å². The highest BCUT2D eigenvalue weighted by Gasteiger charge is 2.07. The number of anilines is 1. The highest BCUT2D eigenvalue weighted by molar-refractivity contribution is 5.77. The van der Waals surface area contributed by atoms with Crippen LogP contribution in [0, 0.1) is 0 Å². The number of H-pyrrole nitrogens is 1. The van der Waals surface area contributed by atoms with E-state index in [-0.39, 0.29) is 6.04 Å². The minimum Gasteiger partial charge on any atom is -0.363 e. The van der Waals surface area contributed by atoms with Gasteiger partial charge in [0.2, 0.25) is 0 Å². The van der Waals surface area contributed by atoms with Crippen LogP contribution in [0.1, 0.15) is 18.5 Å². The number of nitrogens with zero attached hydrogens (tertiary/aromatic N) is 4. The van der Waals surface area contributed by atoms with Crippen molar-refractivity contribution in [2.24, 2.45) is 0 Å². The van der Waals surface area contributed by atoms with Gasteiger partial charge in [-0.3, -0.25) is 0 Å². The van der Waals surface area contributed by atoms with Crippen molar-refractivity contribution in [2.75, 3.05) is 5.32 Å². The van der Waals surface area contributed by atoms with Gasteiger partial charge in [-0.15, -0.1) is 0 Å². The van der Waals surface area contributed by atoms with Gasteiger partial charge in [0, 0.05) is 17.6 Å². The largest absolute Gasteiger partial charge is 0.363 e. The van der Waals surface area contributed by atoms with Crippen molar-refractivity contribution in [3.8, 4) is 5.69 Å². The van der Waals surface area contributed by atoms with E-state index in [4.69, 9.17) is 0 Å². The maximum absolute atomic E-state index is 4.57. The van der Waals surface area contributed by atoms with Gasteiger partial charge in [0.1, 0.15) is 24.1 Å². The predicted molar refractivity (Wildman–Crippen MR) is 89.5 cm³/mol.